The molecule has 10 heteroatoms. The number of amides is 2. The van der Waals surface area contributed by atoms with Crippen molar-refractivity contribution in [2.24, 2.45) is 22.2 Å². The van der Waals surface area contributed by atoms with Crippen LogP contribution in [0.5, 0.6) is 0 Å². The second-order valence-corrected chi connectivity index (χ2v) is 7.61. The number of rotatable bonds is 7. The average molecular weight is 455 g/mol. The Labute approximate surface area is 191 Å². The molecule has 2 atom stereocenters. The topological polar surface area (TPSA) is 149 Å². The lowest BCUT2D eigenvalue weighted by Gasteiger charge is -2.36. The van der Waals surface area contributed by atoms with Gasteiger partial charge in [-0.25, -0.2) is 14.2 Å². The highest BCUT2D eigenvalue weighted by molar-refractivity contribution is 6.20. The Bertz CT molecular complexity index is 1030. The lowest BCUT2D eigenvalue weighted by molar-refractivity contribution is -0.114. The van der Waals surface area contributed by atoms with Crippen LogP contribution in [0.2, 0.25) is 0 Å². The standard InChI is InChI=1S/C23H27FN6O3/c24-16-6-8-17(9-7-16)29-21(26)18(22(27)31)12-28-20-10-11-30(13-19(20)25)23(32)33-14-15-4-2-1-3-5-15/h1-9,12,19-20,28H,10-11,13-14,25H2,(H2,26,29)(H2,27,31)/b18-12+/t19-,20-/m1/s1. The Balaban J connectivity index is 1.57. The number of likely N-dealkylation sites (tertiary alicyclic amines) is 1. The van der Waals surface area contributed by atoms with E-state index in [-0.39, 0.29) is 30.6 Å². The number of hydrogen-bond acceptors (Lipinski definition) is 6. The van der Waals surface area contributed by atoms with Crippen molar-refractivity contribution in [2.75, 3.05) is 13.1 Å². The number of carbonyl (C=O) groups excluding carboxylic acids is 2. The molecule has 0 unspecified atom stereocenters. The number of nitrogens with two attached hydrogens (primary N) is 3. The SMILES string of the molecule is NC(=O)/C(=C/N[C@@H]1CCN(C(=O)OCc2ccccc2)C[C@H]1N)C(N)=Nc1ccc(F)cc1. The molecule has 0 spiro atoms. The molecule has 2 amide bonds. The highest BCUT2D eigenvalue weighted by Crippen LogP contribution is 2.15. The lowest BCUT2D eigenvalue weighted by atomic mass is 10.0. The zero-order valence-electron chi connectivity index (χ0n) is 18.0. The number of ether oxygens (including phenoxy) is 1. The van der Waals surface area contributed by atoms with Gasteiger partial charge in [-0.2, -0.15) is 0 Å². The third-order valence-corrected chi connectivity index (χ3v) is 5.18. The molecule has 0 aliphatic carbocycles. The van der Waals surface area contributed by atoms with E-state index in [1.165, 1.54) is 30.5 Å². The molecular formula is C23H27FN6O3. The van der Waals surface area contributed by atoms with Crippen molar-refractivity contribution in [1.29, 1.82) is 0 Å². The maximum Gasteiger partial charge on any atom is 0.410 e. The minimum absolute atomic E-state index is 0.0313. The van der Waals surface area contributed by atoms with Crippen molar-refractivity contribution in [3.8, 4) is 0 Å². The molecular weight excluding hydrogens is 427 g/mol. The van der Waals surface area contributed by atoms with Gasteiger partial charge in [-0.3, -0.25) is 4.79 Å². The number of hydrogen-bond donors (Lipinski definition) is 4. The number of nitrogens with one attached hydrogen (secondary N) is 1. The molecule has 0 aromatic heterocycles. The first-order chi connectivity index (χ1) is 15.8. The Kier molecular flexibility index (Phi) is 7.98. The van der Waals surface area contributed by atoms with Crippen molar-refractivity contribution in [1.82, 2.24) is 10.2 Å². The van der Waals surface area contributed by atoms with Gasteiger partial charge in [0, 0.05) is 31.4 Å². The number of nitrogens with zero attached hydrogens (tertiary/aromatic N) is 2. The highest BCUT2D eigenvalue weighted by Gasteiger charge is 2.29. The Hall–Kier alpha value is -3.92. The minimum atomic E-state index is -0.777. The van der Waals surface area contributed by atoms with E-state index in [9.17, 15) is 14.0 Å². The molecule has 0 bridgehead atoms. The minimum Gasteiger partial charge on any atom is -0.445 e. The number of primary amides is 1. The maximum absolute atomic E-state index is 13.1. The Morgan fingerprint density at radius 2 is 1.85 bits per heavy atom. The largest absolute Gasteiger partial charge is 0.445 e. The van der Waals surface area contributed by atoms with Crippen molar-refractivity contribution in [2.45, 2.75) is 25.1 Å². The third-order valence-electron chi connectivity index (χ3n) is 5.18. The van der Waals surface area contributed by atoms with Crippen molar-refractivity contribution >= 4 is 23.5 Å². The maximum atomic E-state index is 13.1. The molecule has 1 aliphatic rings. The van der Waals surface area contributed by atoms with E-state index < -0.39 is 23.9 Å². The van der Waals surface area contributed by atoms with E-state index >= 15 is 0 Å². The van der Waals surface area contributed by atoms with Crippen LogP contribution in [0.4, 0.5) is 14.9 Å². The van der Waals surface area contributed by atoms with Crippen molar-refractivity contribution in [3.63, 3.8) is 0 Å². The van der Waals surface area contributed by atoms with E-state index in [0.29, 0.717) is 18.7 Å². The molecule has 1 heterocycles. The third kappa shape index (κ3) is 6.78. The van der Waals surface area contributed by atoms with Crippen LogP contribution in [-0.4, -0.2) is 47.9 Å². The van der Waals surface area contributed by atoms with Crippen LogP contribution in [0.3, 0.4) is 0 Å². The first kappa shape index (κ1) is 23.7. The number of benzene rings is 2. The van der Waals surface area contributed by atoms with Gasteiger partial charge in [-0.1, -0.05) is 30.3 Å². The molecule has 0 radical (unpaired) electrons. The van der Waals surface area contributed by atoms with Crippen LogP contribution >= 0.6 is 0 Å². The second kappa shape index (κ2) is 11.1. The van der Waals surface area contributed by atoms with Crippen LogP contribution in [0.1, 0.15) is 12.0 Å². The number of halogens is 1. The van der Waals surface area contributed by atoms with Crippen LogP contribution in [-0.2, 0) is 16.1 Å². The molecule has 1 fully saturated rings. The van der Waals surface area contributed by atoms with Gasteiger partial charge in [0.25, 0.3) is 5.91 Å². The molecule has 1 saturated heterocycles. The zero-order chi connectivity index (χ0) is 23.8. The zero-order valence-corrected chi connectivity index (χ0v) is 18.0. The van der Waals surface area contributed by atoms with Gasteiger partial charge in [0.1, 0.15) is 18.3 Å². The monoisotopic (exact) mass is 454 g/mol. The van der Waals surface area contributed by atoms with Gasteiger partial charge in [-0.05, 0) is 36.2 Å². The van der Waals surface area contributed by atoms with E-state index in [1.807, 2.05) is 30.3 Å². The summed E-state index contributed by atoms with van der Waals surface area (Å²) in [5, 5.41) is 3.06. The first-order valence-electron chi connectivity index (χ1n) is 10.4. The predicted molar refractivity (Wildman–Crippen MR) is 123 cm³/mol. The fraction of sp³-hybridized carbons (Fsp3) is 0.261. The molecule has 3 rings (SSSR count). The van der Waals surface area contributed by atoms with Crippen molar-refractivity contribution < 1.29 is 18.7 Å². The summed E-state index contributed by atoms with van der Waals surface area (Å²) < 4.78 is 18.4. The lowest BCUT2D eigenvalue weighted by Crippen LogP contribution is -2.57. The normalized spacial score (nSPS) is 19.2. The van der Waals surface area contributed by atoms with Gasteiger partial charge >= 0.3 is 6.09 Å². The van der Waals surface area contributed by atoms with Gasteiger partial charge in [0.2, 0.25) is 0 Å². The first-order valence-corrected chi connectivity index (χ1v) is 10.4. The summed E-state index contributed by atoms with van der Waals surface area (Å²) in [5.41, 5.74) is 18.8. The smallest absolute Gasteiger partial charge is 0.410 e. The fourth-order valence-electron chi connectivity index (χ4n) is 3.34. The summed E-state index contributed by atoms with van der Waals surface area (Å²) in [6.07, 6.45) is 1.47. The summed E-state index contributed by atoms with van der Waals surface area (Å²) in [7, 11) is 0. The molecule has 174 valence electrons. The number of amidine groups is 1. The summed E-state index contributed by atoms with van der Waals surface area (Å²) in [4.78, 5) is 29.9. The van der Waals surface area contributed by atoms with E-state index in [4.69, 9.17) is 21.9 Å². The summed E-state index contributed by atoms with van der Waals surface area (Å²) in [6, 6.07) is 14.1. The van der Waals surface area contributed by atoms with Gasteiger partial charge < -0.3 is 32.2 Å². The van der Waals surface area contributed by atoms with Gasteiger partial charge in [0.05, 0.1) is 11.3 Å². The summed E-state index contributed by atoms with van der Waals surface area (Å²) in [6.45, 7) is 0.895. The molecule has 7 N–H and O–H groups in total. The predicted octanol–water partition coefficient (Wildman–Crippen LogP) is 1.51. The molecule has 33 heavy (non-hydrogen) atoms. The molecule has 2 aromatic rings. The van der Waals surface area contributed by atoms with Gasteiger partial charge in [-0.15, -0.1) is 0 Å². The molecule has 1 aliphatic heterocycles. The molecule has 9 nitrogen and oxygen atoms in total. The molecule has 0 saturated carbocycles. The van der Waals surface area contributed by atoms with Crippen LogP contribution in [0.15, 0.2) is 71.4 Å². The van der Waals surface area contributed by atoms with Crippen LogP contribution in [0, 0.1) is 5.82 Å². The number of piperidine rings is 1. The fourth-order valence-corrected chi connectivity index (χ4v) is 3.34. The average Bonchev–Trinajstić information content (AvgIpc) is 2.80. The number of aliphatic imine (C=N–C) groups is 1. The van der Waals surface area contributed by atoms with E-state index in [0.717, 1.165) is 5.56 Å². The molecule has 2 aromatic carbocycles. The highest BCUT2D eigenvalue weighted by atomic mass is 19.1. The quantitative estimate of drug-likeness (QED) is 0.283. The van der Waals surface area contributed by atoms with Crippen molar-refractivity contribution in [3.05, 3.63) is 77.8 Å². The Morgan fingerprint density at radius 3 is 2.48 bits per heavy atom. The van der Waals surface area contributed by atoms with E-state index in [1.54, 1.807) is 4.90 Å². The second-order valence-electron chi connectivity index (χ2n) is 7.61. The summed E-state index contributed by atoms with van der Waals surface area (Å²) in [5.74, 6) is -1.30. The van der Waals surface area contributed by atoms with Crippen LogP contribution in [0.25, 0.3) is 0 Å². The summed E-state index contributed by atoms with van der Waals surface area (Å²) >= 11 is 0. The Morgan fingerprint density at radius 1 is 1.15 bits per heavy atom. The van der Waals surface area contributed by atoms with Gasteiger partial charge in [0.15, 0.2) is 0 Å². The van der Waals surface area contributed by atoms with Crippen LogP contribution < -0.4 is 22.5 Å². The number of carbonyl (C=O) groups is 2. The van der Waals surface area contributed by atoms with E-state index in [2.05, 4.69) is 10.3 Å².